The molecule has 0 aliphatic carbocycles. The summed E-state index contributed by atoms with van der Waals surface area (Å²) >= 11 is 0. The number of likely N-dealkylation sites (tertiary alicyclic amines) is 1. The van der Waals surface area contributed by atoms with Gasteiger partial charge in [-0.15, -0.1) is 0 Å². The topological polar surface area (TPSA) is 147 Å². The third-order valence-electron chi connectivity index (χ3n) is 11.9. The van der Waals surface area contributed by atoms with Crippen molar-refractivity contribution in [2.75, 3.05) is 43.4 Å². The number of fused-ring (bicyclic) bond motifs is 3. The predicted molar refractivity (Wildman–Crippen MR) is 202 cm³/mol. The highest BCUT2D eigenvalue weighted by Crippen LogP contribution is 2.35. The normalized spacial score (nSPS) is 20.5. The molecule has 4 aliphatic heterocycles. The SMILES string of the molecule is Nc1cccc2cnc(-n3ccc4cc(N5CCC(CCN6CCC(c7ccc8c(c7)C(=O)N(C7CCC(=O)NC7=O)C8=O)CC6)CC5)ncc43)cc12. The molecule has 5 aromatic rings. The number of carbonyl (C=O) groups is 4. The molecule has 4 amide bonds. The van der Waals surface area contributed by atoms with E-state index in [9.17, 15) is 19.2 Å². The first kappa shape index (κ1) is 33.2. The Bertz CT molecular complexity index is 2280. The second-order valence-corrected chi connectivity index (χ2v) is 15.0. The lowest BCUT2D eigenvalue weighted by atomic mass is 9.87. The number of hydrogen-bond donors (Lipinski definition) is 2. The minimum Gasteiger partial charge on any atom is -0.398 e. The summed E-state index contributed by atoms with van der Waals surface area (Å²) in [6, 6.07) is 16.8. The third kappa shape index (κ3) is 6.10. The Hall–Kier alpha value is -5.62. The van der Waals surface area contributed by atoms with Crippen molar-refractivity contribution in [3.8, 4) is 5.82 Å². The fourth-order valence-corrected chi connectivity index (χ4v) is 8.76. The van der Waals surface area contributed by atoms with Gasteiger partial charge < -0.3 is 15.5 Å². The predicted octanol–water partition coefficient (Wildman–Crippen LogP) is 5.04. The quantitative estimate of drug-likeness (QED) is 0.175. The Morgan fingerprint density at radius 3 is 2.38 bits per heavy atom. The number of amides is 4. The van der Waals surface area contributed by atoms with Crippen LogP contribution in [0.25, 0.3) is 27.5 Å². The molecule has 12 heteroatoms. The van der Waals surface area contributed by atoms with E-state index >= 15 is 0 Å². The highest BCUT2D eigenvalue weighted by Gasteiger charge is 2.45. The van der Waals surface area contributed by atoms with Gasteiger partial charge in [0.2, 0.25) is 11.8 Å². The lowest BCUT2D eigenvalue weighted by Gasteiger charge is -2.36. The van der Waals surface area contributed by atoms with Crippen molar-refractivity contribution in [1.82, 2.24) is 29.7 Å². The molecule has 3 aromatic heterocycles. The molecule has 12 nitrogen and oxygen atoms in total. The van der Waals surface area contributed by atoms with Crippen molar-refractivity contribution in [2.24, 2.45) is 5.92 Å². The molecule has 270 valence electrons. The van der Waals surface area contributed by atoms with Gasteiger partial charge in [0.25, 0.3) is 11.8 Å². The second kappa shape index (κ2) is 13.4. The van der Waals surface area contributed by atoms with Gasteiger partial charge in [-0.05, 0) is 112 Å². The van der Waals surface area contributed by atoms with E-state index in [2.05, 4.69) is 31.8 Å². The molecule has 1 unspecified atom stereocenters. The number of nitrogen functional groups attached to an aromatic ring is 1. The van der Waals surface area contributed by atoms with Crippen LogP contribution in [0.2, 0.25) is 0 Å². The third-order valence-corrected chi connectivity index (χ3v) is 11.9. The van der Waals surface area contributed by atoms with Crippen LogP contribution in [0.1, 0.15) is 77.1 Å². The van der Waals surface area contributed by atoms with Crippen molar-refractivity contribution in [3.05, 3.63) is 89.9 Å². The van der Waals surface area contributed by atoms with Crippen LogP contribution < -0.4 is 16.0 Å². The van der Waals surface area contributed by atoms with Crippen molar-refractivity contribution < 1.29 is 19.2 Å². The summed E-state index contributed by atoms with van der Waals surface area (Å²) < 4.78 is 2.07. The molecule has 0 radical (unpaired) electrons. The molecule has 0 bridgehead atoms. The van der Waals surface area contributed by atoms with Crippen molar-refractivity contribution in [2.45, 2.75) is 56.9 Å². The molecule has 0 spiro atoms. The largest absolute Gasteiger partial charge is 0.398 e. The minimum atomic E-state index is -0.944. The van der Waals surface area contributed by atoms with Crippen LogP contribution in [-0.2, 0) is 9.59 Å². The molecule has 7 heterocycles. The fourth-order valence-electron chi connectivity index (χ4n) is 8.76. The molecule has 3 N–H and O–H groups in total. The van der Waals surface area contributed by atoms with Gasteiger partial charge in [0, 0.05) is 53.8 Å². The summed E-state index contributed by atoms with van der Waals surface area (Å²) in [6.07, 6.45) is 11.6. The molecular formula is C41H42N8O4. The summed E-state index contributed by atoms with van der Waals surface area (Å²) in [5.74, 6) is 0.985. The lowest BCUT2D eigenvalue weighted by molar-refractivity contribution is -0.136. The van der Waals surface area contributed by atoms with E-state index < -0.39 is 23.8 Å². The van der Waals surface area contributed by atoms with E-state index in [1.807, 2.05) is 55.0 Å². The standard InChI is InChI=1S/C41H42N8O4/c42-33-3-1-2-29-23-43-37(22-31(29)33)48-19-13-28-21-36(44-24-35(28)48)47-17-9-25(10-18-47)8-14-46-15-11-26(12-16-46)27-4-5-30-32(20-27)41(53)49(40(30)52)34-6-7-38(50)45-39(34)51/h1-5,13,19-26,34H,6-12,14-18,42H2,(H,45,50,51). The van der Waals surface area contributed by atoms with Gasteiger partial charge in [0.15, 0.2) is 0 Å². The molecule has 4 aliphatic rings. The van der Waals surface area contributed by atoms with E-state index in [0.29, 0.717) is 23.0 Å². The van der Waals surface area contributed by atoms with Crippen LogP contribution in [0.3, 0.4) is 0 Å². The van der Waals surface area contributed by atoms with Crippen molar-refractivity contribution in [1.29, 1.82) is 0 Å². The molecule has 9 rings (SSSR count). The number of imide groups is 2. The smallest absolute Gasteiger partial charge is 0.262 e. The maximum Gasteiger partial charge on any atom is 0.262 e. The molecule has 53 heavy (non-hydrogen) atoms. The van der Waals surface area contributed by atoms with Gasteiger partial charge in [-0.25, -0.2) is 9.97 Å². The van der Waals surface area contributed by atoms with Crippen molar-refractivity contribution in [3.63, 3.8) is 0 Å². The number of carbonyl (C=O) groups excluding carboxylic acids is 4. The monoisotopic (exact) mass is 710 g/mol. The van der Waals surface area contributed by atoms with Gasteiger partial charge in [-0.3, -0.25) is 34.0 Å². The van der Waals surface area contributed by atoms with Crippen LogP contribution in [0.4, 0.5) is 11.5 Å². The first-order valence-corrected chi connectivity index (χ1v) is 18.8. The number of nitrogens with two attached hydrogens (primary N) is 1. The number of benzene rings is 2. The van der Waals surface area contributed by atoms with Gasteiger partial charge >= 0.3 is 0 Å². The van der Waals surface area contributed by atoms with Gasteiger partial charge in [0.1, 0.15) is 17.7 Å². The van der Waals surface area contributed by atoms with E-state index in [1.54, 1.807) is 6.07 Å². The van der Waals surface area contributed by atoms with Gasteiger partial charge in [0.05, 0.1) is 22.8 Å². The number of nitrogens with one attached hydrogen (secondary N) is 1. The molecule has 3 saturated heterocycles. The molecule has 2 aromatic carbocycles. The number of aromatic nitrogens is 3. The maximum atomic E-state index is 13.3. The molecular weight excluding hydrogens is 669 g/mol. The fraction of sp³-hybridized carbons (Fsp3) is 0.366. The Kier molecular flexibility index (Phi) is 8.41. The summed E-state index contributed by atoms with van der Waals surface area (Å²) in [7, 11) is 0. The highest BCUT2D eigenvalue weighted by atomic mass is 16.2. The highest BCUT2D eigenvalue weighted by molar-refractivity contribution is 6.23. The average molecular weight is 711 g/mol. The van der Waals surface area contributed by atoms with E-state index in [-0.39, 0.29) is 18.7 Å². The van der Waals surface area contributed by atoms with Crippen LogP contribution in [0.15, 0.2) is 73.2 Å². The summed E-state index contributed by atoms with van der Waals surface area (Å²) in [5.41, 5.74) is 9.77. The van der Waals surface area contributed by atoms with Crippen molar-refractivity contribution >= 4 is 56.8 Å². The first-order valence-electron chi connectivity index (χ1n) is 18.8. The number of piperidine rings is 3. The van der Waals surface area contributed by atoms with Gasteiger partial charge in [-0.2, -0.15) is 0 Å². The molecule has 0 saturated carbocycles. The molecule has 3 fully saturated rings. The zero-order valence-electron chi connectivity index (χ0n) is 29.5. The van der Waals surface area contributed by atoms with Crippen LogP contribution in [0.5, 0.6) is 0 Å². The first-order chi connectivity index (χ1) is 25.8. The van der Waals surface area contributed by atoms with E-state index in [4.69, 9.17) is 15.7 Å². The summed E-state index contributed by atoms with van der Waals surface area (Å²) in [4.78, 5) is 66.0. The van der Waals surface area contributed by atoms with E-state index in [1.165, 1.54) is 6.42 Å². The zero-order chi connectivity index (χ0) is 36.2. The van der Waals surface area contributed by atoms with Crippen LogP contribution in [-0.4, -0.2) is 86.7 Å². The Morgan fingerprint density at radius 2 is 1.57 bits per heavy atom. The minimum absolute atomic E-state index is 0.112. The van der Waals surface area contributed by atoms with Crippen LogP contribution >= 0.6 is 0 Å². The maximum absolute atomic E-state index is 13.3. The Morgan fingerprint density at radius 1 is 0.774 bits per heavy atom. The second-order valence-electron chi connectivity index (χ2n) is 15.0. The molecule has 1 atom stereocenters. The van der Waals surface area contributed by atoms with Crippen LogP contribution in [0, 0.1) is 5.92 Å². The van der Waals surface area contributed by atoms with E-state index in [0.717, 1.165) is 108 Å². The van der Waals surface area contributed by atoms with Gasteiger partial charge in [-0.1, -0.05) is 18.2 Å². The summed E-state index contributed by atoms with van der Waals surface area (Å²) in [6.45, 7) is 5.08. The lowest BCUT2D eigenvalue weighted by Crippen LogP contribution is -2.54. The number of hydrogen-bond acceptors (Lipinski definition) is 9. The number of rotatable bonds is 7. The number of pyridine rings is 2. The number of anilines is 2. The summed E-state index contributed by atoms with van der Waals surface area (Å²) in [5, 5.41) is 5.41. The number of nitrogens with zero attached hydrogens (tertiary/aromatic N) is 6. The average Bonchev–Trinajstić information content (AvgIpc) is 3.72. The zero-order valence-corrected chi connectivity index (χ0v) is 29.5. The Balaban J connectivity index is 0.762. The Labute approximate surface area is 306 Å².